The van der Waals surface area contributed by atoms with Gasteiger partial charge >= 0.3 is 5.97 Å². The number of rotatable bonds is 4. The lowest BCUT2D eigenvalue weighted by molar-refractivity contribution is -0.139. The molecule has 0 aromatic heterocycles. The Labute approximate surface area is 108 Å². The topological polar surface area (TPSA) is 52.6 Å². The van der Waals surface area contributed by atoms with E-state index in [-0.39, 0.29) is 12.5 Å². The molecule has 0 spiro atoms. The van der Waals surface area contributed by atoms with Crippen LogP contribution in [0.4, 0.5) is 0 Å². The molecule has 1 aromatic rings. The standard InChI is InChI=1S/C14H20N2O2/c1-11-8-15-9-13(7-14(17)18)16(11)10-12-5-3-2-4-6-12/h2-6,11,13,15H,7-10H2,1H3,(H,17,18). The summed E-state index contributed by atoms with van der Waals surface area (Å²) in [5.74, 6) is -0.728. The average Bonchev–Trinajstić information content (AvgIpc) is 2.34. The fourth-order valence-corrected chi connectivity index (χ4v) is 2.52. The van der Waals surface area contributed by atoms with Crippen LogP contribution in [-0.4, -0.2) is 41.1 Å². The van der Waals surface area contributed by atoms with Crippen molar-refractivity contribution in [2.24, 2.45) is 0 Å². The zero-order chi connectivity index (χ0) is 13.0. The summed E-state index contributed by atoms with van der Waals surface area (Å²) in [7, 11) is 0. The van der Waals surface area contributed by atoms with E-state index in [4.69, 9.17) is 5.11 Å². The van der Waals surface area contributed by atoms with Crippen molar-refractivity contribution in [3.63, 3.8) is 0 Å². The lowest BCUT2D eigenvalue weighted by Gasteiger charge is -2.40. The SMILES string of the molecule is CC1CNCC(CC(=O)O)N1Cc1ccccc1. The number of carbonyl (C=O) groups is 1. The molecule has 0 radical (unpaired) electrons. The van der Waals surface area contributed by atoms with E-state index < -0.39 is 5.97 Å². The van der Waals surface area contributed by atoms with Crippen molar-refractivity contribution < 1.29 is 9.90 Å². The molecule has 0 aliphatic carbocycles. The number of nitrogens with one attached hydrogen (secondary N) is 1. The van der Waals surface area contributed by atoms with Crippen LogP contribution in [0.3, 0.4) is 0 Å². The van der Waals surface area contributed by atoms with E-state index in [2.05, 4.69) is 29.3 Å². The minimum atomic E-state index is -0.728. The van der Waals surface area contributed by atoms with Gasteiger partial charge in [-0.25, -0.2) is 0 Å². The zero-order valence-corrected chi connectivity index (χ0v) is 10.7. The van der Waals surface area contributed by atoms with Gasteiger partial charge in [-0.2, -0.15) is 0 Å². The van der Waals surface area contributed by atoms with Gasteiger partial charge in [-0.1, -0.05) is 30.3 Å². The van der Waals surface area contributed by atoms with E-state index in [0.29, 0.717) is 6.04 Å². The monoisotopic (exact) mass is 248 g/mol. The molecule has 1 saturated heterocycles. The first-order valence-electron chi connectivity index (χ1n) is 6.39. The normalized spacial score (nSPS) is 24.9. The highest BCUT2D eigenvalue weighted by Gasteiger charge is 2.29. The number of nitrogens with zero attached hydrogens (tertiary/aromatic N) is 1. The molecular weight excluding hydrogens is 228 g/mol. The van der Waals surface area contributed by atoms with Crippen LogP contribution in [0.5, 0.6) is 0 Å². The molecule has 2 atom stereocenters. The Kier molecular flexibility index (Phi) is 4.33. The van der Waals surface area contributed by atoms with Gasteiger partial charge in [0.2, 0.25) is 0 Å². The molecule has 2 rings (SSSR count). The van der Waals surface area contributed by atoms with Crippen molar-refractivity contribution >= 4 is 5.97 Å². The summed E-state index contributed by atoms with van der Waals surface area (Å²) in [6.45, 7) is 4.64. The van der Waals surface area contributed by atoms with E-state index in [1.165, 1.54) is 5.56 Å². The molecule has 4 heteroatoms. The highest BCUT2D eigenvalue weighted by molar-refractivity contribution is 5.67. The molecule has 1 aliphatic rings. The van der Waals surface area contributed by atoms with Crippen molar-refractivity contribution in [3.05, 3.63) is 35.9 Å². The van der Waals surface area contributed by atoms with E-state index in [9.17, 15) is 4.79 Å². The minimum Gasteiger partial charge on any atom is -0.481 e. The first kappa shape index (κ1) is 13.1. The Hall–Kier alpha value is -1.39. The summed E-state index contributed by atoms with van der Waals surface area (Å²) in [6.07, 6.45) is 0.199. The fourth-order valence-electron chi connectivity index (χ4n) is 2.52. The van der Waals surface area contributed by atoms with Crippen LogP contribution in [0.25, 0.3) is 0 Å². The van der Waals surface area contributed by atoms with Gasteiger partial charge in [-0.3, -0.25) is 9.69 Å². The van der Waals surface area contributed by atoms with E-state index in [1.54, 1.807) is 0 Å². The quantitative estimate of drug-likeness (QED) is 0.844. The van der Waals surface area contributed by atoms with Crippen molar-refractivity contribution in [2.75, 3.05) is 13.1 Å². The van der Waals surface area contributed by atoms with E-state index >= 15 is 0 Å². The van der Waals surface area contributed by atoms with Crippen LogP contribution in [-0.2, 0) is 11.3 Å². The Bertz CT molecular complexity index is 394. The molecular formula is C14H20N2O2. The molecule has 2 N–H and O–H groups in total. The fraction of sp³-hybridized carbons (Fsp3) is 0.500. The van der Waals surface area contributed by atoms with Crippen LogP contribution in [0, 0.1) is 0 Å². The van der Waals surface area contributed by atoms with Crippen LogP contribution >= 0.6 is 0 Å². The third-order valence-electron chi connectivity index (χ3n) is 3.47. The van der Waals surface area contributed by atoms with Gasteiger partial charge in [-0.05, 0) is 12.5 Å². The number of benzene rings is 1. The summed E-state index contributed by atoms with van der Waals surface area (Å²) < 4.78 is 0. The average molecular weight is 248 g/mol. The van der Waals surface area contributed by atoms with Gasteiger partial charge in [0.1, 0.15) is 0 Å². The summed E-state index contributed by atoms with van der Waals surface area (Å²) in [6, 6.07) is 10.7. The summed E-state index contributed by atoms with van der Waals surface area (Å²) >= 11 is 0. The Morgan fingerprint density at radius 1 is 1.39 bits per heavy atom. The lowest BCUT2D eigenvalue weighted by atomic mass is 10.0. The smallest absolute Gasteiger partial charge is 0.304 e. The van der Waals surface area contributed by atoms with Crippen LogP contribution in [0.1, 0.15) is 18.9 Å². The summed E-state index contributed by atoms with van der Waals surface area (Å²) in [5.41, 5.74) is 1.24. The van der Waals surface area contributed by atoms with Gasteiger partial charge in [-0.15, -0.1) is 0 Å². The number of aliphatic carboxylic acids is 1. The van der Waals surface area contributed by atoms with Gasteiger partial charge in [0.15, 0.2) is 0 Å². The molecule has 1 aromatic carbocycles. The second kappa shape index (κ2) is 5.98. The highest BCUT2D eigenvalue weighted by atomic mass is 16.4. The minimum absolute atomic E-state index is 0.0754. The van der Waals surface area contributed by atoms with E-state index in [1.807, 2.05) is 18.2 Å². The molecule has 1 heterocycles. The largest absolute Gasteiger partial charge is 0.481 e. The molecule has 0 bridgehead atoms. The molecule has 4 nitrogen and oxygen atoms in total. The molecule has 98 valence electrons. The molecule has 1 aliphatic heterocycles. The number of piperazine rings is 1. The van der Waals surface area contributed by atoms with Gasteiger partial charge in [0.05, 0.1) is 6.42 Å². The predicted octanol–water partition coefficient (Wildman–Crippen LogP) is 1.32. The second-order valence-corrected chi connectivity index (χ2v) is 4.92. The maximum absolute atomic E-state index is 10.9. The molecule has 0 amide bonds. The first-order chi connectivity index (χ1) is 8.66. The number of hydrogen-bond donors (Lipinski definition) is 2. The molecule has 18 heavy (non-hydrogen) atoms. The van der Waals surface area contributed by atoms with Crippen LogP contribution < -0.4 is 5.32 Å². The summed E-state index contributed by atoms with van der Waals surface area (Å²) in [5, 5.41) is 12.3. The zero-order valence-electron chi connectivity index (χ0n) is 10.7. The molecule has 1 fully saturated rings. The van der Waals surface area contributed by atoms with Crippen LogP contribution in [0.15, 0.2) is 30.3 Å². The third-order valence-corrected chi connectivity index (χ3v) is 3.47. The number of carboxylic acids is 1. The number of carboxylic acid groups (broad SMARTS) is 1. The van der Waals surface area contributed by atoms with Crippen molar-refractivity contribution in [2.45, 2.75) is 32.0 Å². The van der Waals surface area contributed by atoms with Crippen molar-refractivity contribution in [3.8, 4) is 0 Å². The van der Waals surface area contributed by atoms with Gasteiger partial charge < -0.3 is 10.4 Å². The van der Waals surface area contributed by atoms with Gasteiger partial charge in [0, 0.05) is 31.7 Å². The van der Waals surface area contributed by atoms with Crippen LogP contribution in [0.2, 0.25) is 0 Å². The molecule has 2 unspecified atom stereocenters. The van der Waals surface area contributed by atoms with Crippen molar-refractivity contribution in [1.82, 2.24) is 10.2 Å². The second-order valence-electron chi connectivity index (χ2n) is 4.92. The third kappa shape index (κ3) is 3.31. The molecule has 0 saturated carbocycles. The van der Waals surface area contributed by atoms with Gasteiger partial charge in [0.25, 0.3) is 0 Å². The lowest BCUT2D eigenvalue weighted by Crippen LogP contribution is -2.56. The Balaban J connectivity index is 2.07. The highest BCUT2D eigenvalue weighted by Crippen LogP contribution is 2.17. The summed E-state index contributed by atoms with van der Waals surface area (Å²) in [4.78, 5) is 13.2. The van der Waals surface area contributed by atoms with E-state index in [0.717, 1.165) is 19.6 Å². The Morgan fingerprint density at radius 3 is 2.78 bits per heavy atom. The maximum atomic E-state index is 10.9. The maximum Gasteiger partial charge on any atom is 0.304 e. The Morgan fingerprint density at radius 2 is 2.11 bits per heavy atom. The predicted molar refractivity (Wildman–Crippen MR) is 70.4 cm³/mol. The van der Waals surface area contributed by atoms with Crippen molar-refractivity contribution in [1.29, 1.82) is 0 Å². The number of hydrogen-bond acceptors (Lipinski definition) is 3. The first-order valence-corrected chi connectivity index (χ1v) is 6.39.